The van der Waals surface area contributed by atoms with Crippen LogP contribution in [0.5, 0.6) is 0 Å². The Morgan fingerprint density at radius 2 is 2.08 bits per heavy atom. The lowest BCUT2D eigenvalue weighted by molar-refractivity contribution is -0.384. The molecule has 0 aliphatic carbocycles. The highest BCUT2D eigenvalue weighted by atomic mass is 16.6. The van der Waals surface area contributed by atoms with Crippen molar-refractivity contribution in [3.8, 4) is 0 Å². The van der Waals surface area contributed by atoms with Gasteiger partial charge >= 0.3 is 0 Å². The third-order valence-corrected chi connectivity index (χ3v) is 3.68. The molecule has 2 rings (SSSR count). The van der Waals surface area contributed by atoms with Crippen LogP contribution in [0.15, 0.2) is 47.1 Å². The molecule has 0 spiro atoms. The third-order valence-electron chi connectivity index (χ3n) is 3.68. The fraction of sp³-hybridized carbons (Fsp3) is 0.250. The van der Waals surface area contributed by atoms with Crippen LogP contribution in [0.1, 0.15) is 29.1 Å². The summed E-state index contributed by atoms with van der Waals surface area (Å²) in [5, 5.41) is 13.3. The van der Waals surface area contributed by atoms with Gasteiger partial charge in [0.2, 0.25) is 5.91 Å². The lowest BCUT2D eigenvalue weighted by Crippen LogP contribution is -2.39. The van der Waals surface area contributed by atoms with Crippen molar-refractivity contribution in [2.75, 3.05) is 13.6 Å². The standard InChI is InChI=1S/C16H17N3O5/c1-11(12-5-3-6-13(9-12)19(22)23)18(2)15(20)10-17-16(21)14-7-4-8-24-14/h3-9,11H,10H2,1-2H3,(H,17,21)/t11-/m1/s1. The number of carbonyl (C=O) groups excluding carboxylic acids is 2. The molecule has 0 aliphatic heterocycles. The maximum atomic E-state index is 12.2. The van der Waals surface area contributed by atoms with Gasteiger partial charge in [0.15, 0.2) is 5.76 Å². The predicted octanol–water partition coefficient (Wildman–Crippen LogP) is 2.14. The van der Waals surface area contributed by atoms with E-state index in [2.05, 4.69) is 5.32 Å². The molecule has 1 heterocycles. The molecule has 8 nitrogen and oxygen atoms in total. The lowest BCUT2D eigenvalue weighted by Gasteiger charge is -2.25. The summed E-state index contributed by atoms with van der Waals surface area (Å²) >= 11 is 0. The number of nitro groups is 1. The molecule has 8 heteroatoms. The molecule has 2 amide bonds. The van der Waals surface area contributed by atoms with Crippen molar-refractivity contribution in [2.24, 2.45) is 0 Å². The lowest BCUT2D eigenvalue weighted by atomic mass is 10.1. The van der Waals surface area contributed by atoms with Gasteiger partial charge in [-0.2, -0.15) is 0 Å². The molecule has 1 atom stereocenters. The average molecular weight is 331 g/mol. The predicted molar refractivity (Wildman–Crippen MR) is 85.3 cm³/mol. The number of nitrogens with zero attached hydrogens (tertiary/aromatic N) is 2. The van der Waals surface area contributed by atoms with Crippen molar-refractivity contribution < 1.29 is 18.9 Å². The number of hydrogen-bond donors (Lipinski definition) is 1. The van der Waals surface area contributed by atoms with Crippen LogP contribution < -0.4 is 5.32 Å². The van der Waals surface area contributed by atoms with Crippen LogP contribution in [0.3, 0.4) is 0 Å². The first kappa shape index (κ1) is 17.2. The third kappa shape index (κ3) is 3.97. The zero-order valence-electron chi connectivity index (χ0n) is 13.3. The summed E-state index contributed by atoms with van der Waals surface area (Å²) in [6, 6.07) is 8.79. The first-order valence-electron chi connectivity index (χ1n) is 7.22. The molecule has 1 aromatic carbocycles. The van der Waals surface area contributed by atoms with Gasteiger partial charge < -0.3 is 14.6 Å². The largest absolute Gasteiger partial charge is 0.459 e. The Bertz CT molecular complexity index is 742. The first-order valence-corrected chi connectivity index (χ1v) is 7.22. The van der Waals surface area contributed by atoms with Crippen LogP contribution >= 0.6 is 0 Å². The normalized spacial score (nSPS) is 11.6. The fourth-order valence-corrected chi connectivity index (χ4v) is 2.11. The molecular weight excluding hydrogens is 314 g/mol. The van der Waals surface area contributed by atoms with Crippen molar-refractivity contribution in [1.29, 1.82) is 0 Å². The van der Waals surface area contributed by atoms with E-state index in [-0.39, 0.29) is 29.9 Å². The highest BCUT2D eigenvalue weighted by Crippen LogP contribution is 2.22. The van der Waals surface area contributed by atoms with Gasteiger partial charge in [-0.1, -0.05) is 12.1 Å². The van der Waals surface area contributed by atoms with Crippen LogP contribution in [-0.4, -0.2) is 35.2 Å². The van der Waals surface area contributed by atoms with Crippen molar-refractivity contribution in [3.05, 3.63) is 64.1 Å². The molecule has 0 fully saturated rings. The SMILES string of the molecule is C[C@H](c1cccc([N+](=O)[O-])c1)N(C)C(=O)CNC(=O)c1ccco1. The van der Waals surface area contributed by atoms with Gasteiger partial charge in [0.25, 0.3) is 11.6 Å². The molecule has 1 aromatic heterocycles. The molecule has 1 N–H and O–H groups in total. The summed E-state index contributed by atoms with van der Waals surface area (Å²) in [6.45, 7) is 1.56. The molecule has 0 saturated heterocycles. The number of carbonyl (C=O) groups is 2. The Hall–Kier alpha value is -3.16. The molecule has 0 aliphatic rings. The molecule has 126 valence electrons. The Kier molecular flexibility index (Phi) is 5.31. The highest BCUT2D eigenvalue weighted by molar-refractivity contribution is 5.94. The summed E-state index contributed by atoms with van der Waals surface area (Å²) in [5.41, 5.74) is 0.601. The van der Waals surface area contributed by atoms with E-state index in [9.17, 15) is 19.7 Å². The summed E-state index contributed by atoms with van der Waals surface area (Å²) in [5.74, 6) is -0.684. The monoisotopic (exact) mass is 331 g/mol. The zero-order valence-corrected chi connectivity index (χ0v) is 13.3. The Morgan fingerprint density at radius 3 is 2.71 bits per heavy atom. The minimum atomic E-state index is -0.485. The van der Waals surface area contributed by atoms with Crippen molar-refractivity contribution in [1.82, 2.24) is 10.2 Å². The molecule has 0 unspecified atom stereocenters. The van der Waals surface area contributed by atoms with Crippen molar-refractivity contribution >= 4 is 17.5 Å². The summed E-state index contributed by atoms with van der Waals surface area (Å²) in [7, 11) is 1.57. The van der Waals surface area contributed by atoms with E-state index in [0.717, 1.165) is 0 Å². The van der Waals surface area contributed by atoms with Crippen LogP contribution in [0.2, 0.25) is 0 Å². The highest BCUT2D eigenvalue weighted by Gasteiger charge is 2.20. The Morgan fingerprint density at radius 1 is 1.33 bits per heavy atom. The molecule has 2 aromatic rings. The van der Waals surface area contributed by atoms with Gasteiger partial charge in [-0.15, -0.1) is 0 Å². The summed E-state index contributed by atoms with van der Waals surface area (Å²) < 4.78 is 4.94. The smallest absolute Gasteiger partial charge is 0.287 e. The second-order valence-corrected chi connectivity index (χ2v) is 5.19. The van der Waals surface area contributed by atoms with Crippen molar-refractivity contribution in [2.45, 2.75) is 13.0 Å². The average Bonchev–Trinajstić information content (AvgIpc) is 3.12. The second-order valence-electron chi connectivity index (χ2n) is 5.19. The topological polar surface area (TPSA) is 106 Å². The number of nitro benzene ring substituents is 1. The summed E-state index contributed by atoms with van der Waals surface area (Å²) in [6.07, 6.45) is 1.37. The van der Waals surface area contributed by atoms with Crippen LogP contribution in [-0.2, 0) is 4.79 Å². The number of nitrogens with one attached hydrogen (secondary N) is 1. The van der Waals surface area contributed by atoms with Gasteiger partial charge in [0, 0.05) is 19.2 Å². The number of hydrogen-bond acceptors (Lipinski definition) is 5. The molecule has 0 saturated carbocycles. The minimum absolute atomic E-state index is 0.0358. The second kappa shape index (κ2) is 7.40. The van der Waals surface area contributed by atoms with Gasteiger partial charge in [-0.25, -0.2) is 0 Å². The number of likely N-dealkylation sites (N-methyl/N-ethyl adjacent to an activating group) is 1. The van der Waals surface area contributed by atoms with Crippen molar-refractivity contribution in [3.63, 3.8) is 0 Å². The fourth-order valence-electron chi connectivity index (χ4n) is 2.11. The maximum absolute atomic E-state index is 12.2. The number of non-ortho nitro benzene ring substituents is 1. The quantitative estimate of drug-likeness (QED) is 0.645. The number of benzene rings is 1. The zero-order chi connectivity index (χ0) is 17.7. The van der Waals surface area contributed by atoms with E-state index < -0.39 is 10.8 Å². The van der Waals surface area contributed by atoms with Gasteiger partial charge in [0.1, 0.15) is 0 Å². The van der Waals surface area contributed by atoms with Gasteiger partial charge in [-0.05, 0) is 24.6 Å². The van der Waals surface area contributed by atoms with Gasteiger partial charge in [0.05, 0.1) is 23.8 Å². The van der Waals surface area contributed by atoms with E-state index >= 15 is 0 Å². The van der Waals surface area contributed by atoms with Crippen LogP contribution in [0, 0.1) is 10.1 Å². The van der Waals surface area contributed by atoms with Gasteiger partial charge in [-0.3, -0.25) is 19.7 Å². The minimum Gasteiger partial charge on any atom is -0.459 e. The molecule has 24 heavy (non-hydrogen) atoms. The summed E-state index contributed by atoms with van der Waals surface area (Å²) in [4.78, 5) is 35.7. The first-order chi connectivity index (χ1) is 11.4. The maximum Gasteiger partial charge on any atom is 0.287 e. The van der Waals surface area contributed by atoms with Crippen LogP contribution in [0.25, 0.3) is 0 Å². The number of rotatable bonds is 6. The van der Waals surface area contributed by atoms with Crippen LogP contribution in [0.4, 0.5) is 5.69 Å². The van der Waals surface area contributed by atoms with E-state index in [4.69, 9.17) is 4.42 Å². The molecule has 0 radical (unpaired) electrons. The number of furan rings is 1. The van der Waals surface area contributed by atoms with E-state index in [1.807, 2.05) is 0 Å². The van der Waals surface area contributed by atoms with E-state index in [1.54, 1.807) is 32.2 Å². The number of amides is 2. The molecule has 0 bridgehead atoms. The Balaban J connectivity index is 1.98. The van der Waals surface area contributed by atoms with E-state index in [0.29, 0.717) is 5.56 Å². The Labute approximate surface area is 138 Å². The van der Waals surface area contributed by atoms with E-state index in [1.165, 1.54) is 29.4 Å². The molecular formula is C16H17N3O5.